The van der Waals surface area contributed by atoms with E-state index in [9.17, 15) is 0 Å². The van der Waals surface area contributed by atoms with Crippen molar-refractivity contribution in [2.45, 2.75) is 26.2 Å². The monoisotopic (exact) mass is 450 g/mol. The highest BCUT2D eigenvalue weighted by Crippen LogP contribution is 2.42. The number of hydrogen-bond acceptors (Lipinski definition) is 4. The van der Waals surface area contributed by atoms with E-state index in [0.29, 0.717) is 0 Å². The third-order valence-electron chi connectivity index (χ3n) is 6.02. The average Bonchev–Trinajstić information content (AvgIpc) is 3.44. The summed E-state index contributed by atoms with van der Waals surface area (Å²) in [5.41, 5.74) is 5.83. The molecule has 0 N–H and O–H groups in total. The molecule has 0 bridgehead atoms. The molecule has 6 rings (SSSR count). The highest BCUT2D eigenvalue weighted by atomic mass is 32.1. The van der Waals surface area contributed by atoms with Crippen LogP contribution < -0.4 is 0 Å². The van der Waals surface area contributed by atoms with Crippen LogP contribution in [-0.4, -0.2) is 9.97 Å². The molecule has 0 radical (unpaired) electrons. The van der Waals surface area contributed by atoms with Crippen molar-refractivity contribution in [2.75, 3.05) is 0 Å². The van der Waals surface area contributed by atoms with Crippen LogP contribution in [0.3, 0.4) is 0 Å². The van der Waals surface area contributed by atoms with Crippen molar-refractivity contribution in [3.05, 3.63) is 84.0 Å². The highest BCUT2D eigenvalue weighted by Gasteiger charge is 2.20. The molecule has 0 atom stereocenters. The largest absolute Gasteiger partial charge is 0.235 e. The fourth-order valence-electron chi connectivity index (χ4n) is 4.47. The van der Waals surface area contributed by atoms with Crippen LogP contribution in [0.5, 0.6) is 0 Å². The molecule has 3 heterocycles. The summed E-state index contributed by atoms with van der Waals surface area (Å²) in [4.78, 5) is 10.6. The lowest BCUT2D eigenvalue weighted by Gasteiger charge is -2.22. The maximum atomic E-state index is 4.77. The van der Waals surface area contributed by atoms with Crippen LogP contribution >= 0.6 is 22.7 Å². The van der Waals surface area contributed by atoms with Gasteiger partial charge in [0.25, 0.3) is 0 Å². The van der Waals surface area contributed by atoms with E-state index in [4.69, 9.17) is 4.98 Å². The third-order valence-corrected chi connectivity index (χ3v) is 8.06. The molecule has 0 aliphatic heterocycles. The van der Waals surface area contributed by atoms with Crippen LogP contribution in [-0.2, 0) is 5.41 Å². The molecular formula is C28H22N2S2. The van der Waals surface area contributed by atoms with E-state index < -0.39 is 0 Å². The standard InChI is InChI=1S/C28H22N2S2/c1-28(2,3)22-14-18(13-17-7-4-5-8-19(17)22)26-27-23(29-16-30-26)15-25(32-27)20-9-6-10-24-21(20)11-12-31-24/h4-16H,1-3H3. The van der Waals surface area contributed by atoms with Crippen LogP contribution in [0.1, 0.15) is 26.3 Å². The number of nitrogens with zero attached hydrogens (tertiary/aromatic N) is 2. The van der Waals surface area contributed by atoms with Crippen molar-refractivity contribution in [3.63, 3.8) is 0 Å². The van der Waals surface area contributed by atoms with E-state index in [0.717, 1.165) is 21.5 Å². The summed E-state index contributed by atoms with van der Waals surface area (Å²) in [5.74, 6) is 0. The third kappa shape index (κ3) is 3.14. The molecule has 0 saturated carbocycles. The molecule has 0 fully saturated rings. The SMILES string of the molecule is CC(C)(C)c1cc(-c2ncnc3cc(-c4cccc5sccc45)sc23)cc2ccccc12. The minimum Gasteiger partial charge on any atom is -0.235 e. The number of fused-ring (bicyclic) bond motifs is 3. The van der Waals surface area contributed by atoms with E-state index in [1.165, 1.54) is 36.9 Å². The fraction of sp³-hybridized carbons (Fsp3) is 0.143. The minimum absolute atomic E-state index is 0.0387. The first-order chi connectivity index (χ1) is 15.5. The van der Waals surface area contributed by atoms with E-state index in [-0.39, 0.29) is 5.41 Å². The Balaban J connectivity index is 1.60. The van der Waals surface area contributed by atoms with Crippen molar-refractivity contribution in [1.29, 1.82) is 0 Å². The van der Waals surface area contributed by atoms with Gasteiger partial charge in [-0.25, -0.2) is 9.97 Å². The van der Waals surface area contributed by atoms with Crippen molar-refractivity contribution in [2.24, 2.45) is 0 Å². The second-order valence-corrected chi connectivity index (χ2v) is 11.2. The van der Waals surface area contributed by atoms with Gasteiger partial charge >= 0.3 is 0 Å². The summed E-state index contributed by atoms with van der Waals surface area (Å²) in [6.07, 6.45) is 1.70. The van der Waals surface area contributed by atoms with E-state index in [2.05, 4.69) is 97.9 Å². The Kier molecular flexibility index (Phi) is 4.42. The van der Waals surface area contributed by atoms with Gasteiger partial charge in [-0.3, -0.25) is 0 Å². The number of thiophene rings is 2. The molecule has 0 aliphatic carbocycles. The summed E-state index contributed by atoms with van der Waals surface area (Å²) in [6.45, 7) is 6.83. The second-order valence-electron chi connectivity index (χ2n) is 9.18. The zero-order valence-corrected chi connectivity index (χ0v) is 19.8. The lowest BCUT2D eigenvalue weighted by molar-refractivity contribution is 0.596. The van der Waals surface area contributed by atoms with Crippen molar-refractivity contribution < 1.29 is 0 Å². The molecule has 0 amide bonds. The Labute approximate surface area is 195 Å². The van der Waals surface area contributed by atoms with E-state index in [1.54, 1.807) is 29.0 Å². The van der Waals surface area contributed by atoms with Crippen LogP contribution in [0, 0.1) is 0 Å². The Morgan fingerprint density at radius 3 is 2.56 bits per heavy atom. The van der Waals surface area contributed by atoms with Gasteiger partial charge in [0.05, 0.1) is 15.9 Å². The molecule has 0 spiro atoms. The second kappa shape index (κ2) is 7.22. The molecule has 2 nitrogen and oxygen atoms in total. The summed E-state index contributed by atoms with van der Waals surface area (Å²) in [5, 5.41) is 6.03. The van der Waals surface area contributed by atoms with Crippen molar-refractivity contribution >= 4 is 53.7 Å². The molecule has 4 heteroatoms. The number of aromatic nitrogens is 2. The van der Waals surface area contributed by atoms with Gasteiger partial charge in [-0.2, -0.15) is 0 Å². The normalized spacial score (nSPS) is 12.2. The Hall–Kier alpha value is -3.08. The zero-order valence-electron chi connectivity index (χ0n) is 18.2. The van der Waals surface area contributed by atoms with Crippen molar-refractivity contribution in [1.82, 2.24) is 9.97 Å². The van der Waals surface area contributed by atoms with Gasteiger partial charge in [0.1, 0.15) is 6.33 Å². The Bertz CT molecular complexity index is 1620. The summed E-state index contributed by atoms with van der Waals surface area (Å²) < 4.78 is 2.46. The molecule has 32 heavy (non-hydrogen) atoms. The fourth-order valence-corrected chi connectivity index (χ4v) is 6.44. The quantitative estimate of drug-likeness (QED) is 0.264. The molecule has 0 unspecified atom stereocenters. The maximum absolute atomic E-state index is 4.77. The zero-order chi connectivity index (χ0) is 21.9. The summed E-state index contributed by atoms with van der Waals surface area (Å²) >= 11 is 3.57. The van der Waals surface area contributed by atoms with Gasteiger partial charge in [0.15, 0.2) is 0 Å². The van der Waals surface area contributed by atoms with Crippen LogP contribution in [0.15, 0.2) is 78.4 Å². The highest BCUT2D eigenvalue weighted by molar-refractivity contribution is 7.23. The van der Waals surface area contributed by atoms with Crippen LogP contribution in [0.4, 0.5) is 0 Å². The van der Waals surface area contributed by atoms with Gasteiger partial charge in [0, 0.05) is 26.1 Å². The smallest absolute Gasteiger partial charge is 0.116 e. The van der Waals surface area contributed by atoms with Gasteiger partial charge in [-0.15, -0.1) is 22.7 Å². The first-order valence-corrected chi connectivity index (χ1v) is 12.4. The summed E-state index contributed by atoms with van der Waals surface area (Å²) in [6, 6.07) is 24.2. The van der Waals surface area contributed by atoms with Gasteiger partial charge in [-0.1, -0.05) is 57.2 Å². The molecule has 156 valence electrons. The predicted molar refractivity (Wildman–Crippen MR) is 140 cm³/mol. The van der Waals surface area contributed by atoms with Gasteiger partial charge < -0.3 is 0 Å². The predicted octanol–water partition coefficient (Wildman–Crippen LogP) is 8.69. The molecule has 6 aromatic rings. The van der Waals surface area contributed by atoms with Crippen molar-refractivity contribution in [3.8, 4) is 21.7 Å². The number of benzene rings is 3. The molecular weight excluding hydrogens is 428 g/mol. The Morgan fingerprint density at radius 2 is 1.69 bits per heavy atom. The first kappa shape index (κ1) is 19.6. The topological polar surface area (TPSA) is 25.8 Å². The van der Waals surface area contributed by atoms with E-state index in [1.807, 2.05) is 0 Å². The summed E-state index contributed by atoms with van der Waals surface area (Å²) in [7, 11) is 0. The van der Waals surface area contributed by atoms with Crippen LogP contribution in [0.2, 0.25) is 0 Å². The molecule has 0 saturated heterocycles. The molecule has 0 aliphatic rings. The average molecular weight is 451 g/mol. The van der Waals surface area contributed by atoms with Gasteiger partial charge in [0.2, 0.25) is 0 Å². The maximum Gasteiger partial charge on any atom is 0.116 e. The first-order valence-electron chi connectivity index (χ1n) is 10.7. The Morgan fingerprint density at radius 1 is 0.812 bits per heavy atom. The lowest BCUT2D eigenvalue weighted by atomic mass is 9.82. The number of hydrogen-bond donors (Lipinski definition) is 0. The lowest BCUT2D eigenvalue weighted by Crippen LogP contribution is -2.12. The van der Waals surface area contributed by atoms with E-state index >= 15 is 0 Å². The minimum atomic E-state index is 0.0387. The molecule has 3 aromatic heterocycles. The van der Waals surface area contributed by atoms with Crippen LogP contribution in [0.25, 0.3) is 52.8 Å². The number of rotatable bonds is 2. The van der Waals surface area contributed by atoms with Gasteiger partial charge in [-0.05, 0) is 57.5 Å². The molecule has 3 aromatic carbocycles.